The van der Waals surface area contributed by atoms with E-state index in [9.17, 15) is 0 Å². The highest BCUT2D eigenvalue weighted by Gasteiger charge is 2.11. The Hall–Kier alpha value is -0.830. The van der Waals surface area contributed by atoms with Crippen molar-refractivity contribution in [2.45, 2.75) is 40.3 Å². The quantitative estimate of drug-likeness (QED) is 0.726. The Morgan fingerprint density at radius 1 is 1.50 bits per heavy atom. The molecular weight excluding hydrogens is 150 g/mol. The molecule has 1 atom stereocenters. The van der Waals surface area contributed by atoms with Gasteiger partial charge in [0, 0.05) is 12.2 Å². The standard InChI is InChI=1S/C9H17N3/c1-5-12-8(4)7(3)11-9(12)6(2)10/h6H,5,10H2,1-4H3. The number of aromatic nitrogens is 2. The van der Waals surface area contributed by atoms with E-state index < -0.39 is 0 Å². The summed E-state index contributed by atoms with van der Waals surface area (Å²) in [4.78, 5) is 4.42. The average molecular weight is 167 g/mol. The number of nitrogens with zero attached hydrogens (tertiary/aromatic N) is 2. The molecule has 2 N–H and O–H groups in total. The molecule has 0 saturated carbocycles. The molecule has 0 aliphatic carbocycles. The lowest BCUT2D eigenvalue weighted by Gasteiger charge is -2.08. The molecule has 0 radical (unpaired) electrons. The third-order valence-corrected chi connectivity index (χ3v) is 2.21. The monoisotopic (exact) mass is 167 g/mol. The second kappa shape index (κ2) is 3.27. The van der Waals surface area contributed by atoms with Gasteiger partial charge >= 0.3 is 0 Å². The summed E-state index contributed by atoms with van der Waals surface area (Å²) in [5, 5.41) is 0. The Labute approximate surface area is 73.6 Å². The van der Waals surface area contributed by atoms with Crippen molar-refractivity contribution in [2.75, 3.05) is 0 Å². The SMILES string of the molecule is CCn1c(C(C)N)nc(C)c1C. The zero-order valence-electron chi connectivity index (χ0n) is 8.26. The fourth-order valence-electron chi connectivity index (χ4n) is 1.43. The van der Waals surface area contributed by atoms with Crippen molar-refractivity contribution in [3.05, 3.63) is 17.2 Å². The zero-order valence-corrected chi connectivity index (χ0v) is 8.26. The lowest BCUT2D eigenvalue weighted by molar-refractivity contribution is 0.626. The van der Waals surface area contributed by atoms with Crippen LogP contribution >= 0.6 is 0 Å². The zero-order chi connectivity index (χ0) is 9.30. The van der Waals surface area contributed by atoms with E-state index in [0.29, 0.717) is 0 Å². The van der Waals surface area contributed by atoms with E-state index in [4.69, 9.17) is 5.73 Å². The molecule has 1 aromatic heterocycles. The van der Waals surface area contributed by atoms with Crippen LogP contribution in [-0.2, 0) is 6.54 Å². The van der Waals surface area contributed by atoms with Gasteiger partial charge in [-0.2, -0.15) is 0 Å². The molecule has 0 aromatic carbocycles. The smallest absolute Gasteiger partial charge is 0.125 e. The van der Waals surface area contributed by atoms with E-state index >= 15 is 0 Å². The predicted molar refractivity (Wildman–Crippen MR) is 50.0 cm³/mol. The van der Waals surface area contributed by atoms with Gasteiger partial charge in [0.05, 0.1) is 11.7 Å². The summed E-state index contributed by atoms with van der Waals surface area (Å²) in [6.07, 6.45) is 0. The minimum atomic E-state index is 0.0253. The molecule has 0 bridgehead atoms. The van der Waals surface area contributed by atoms with Crippen LogP contribution in [0.3, 0.4) is 0 Å². The van der Waals surface area contributed by atoms with Crippen molar-refractivity contribution in [1.29, 1.82) is 0 Å². The molecule has 1 rings (SSSR count). The molecule has 1 unspecified atom stereocenters. The fourth-order valence-corrected chi connectivity index (χ4v) is 1.43. The van der Waals surface area contributed by atoms with Crippen LogP contribution in [0.1, 0.15) is 37.1 Å². The number of rotatable bonds is 2. The van der Waals surface area contributed by atoms with E-state index in [1.807, 2.05) is 13.8 Å². The average Bonchev–Trinajstić information content (AvgIpc) is 2.29. The van der Waals surface area contributed by atoms with Crippen molar-refractivity contribution in [3.63, 3.8) is 0 Å². The van der Waals surface area contributed by atoms with Gasteiger partial charge in [0.15, 0.2) is 0 Å². The summed E-state index contributed by atoms with van der Waals surface area (Å²) in [6, 6.07) is 0.0253. The first-order valence-corrected chi connectivity index (χ1v) is 4.37. The van der Waals surface area contributed by atoms with Gasteiger partial charge in [0.2, 0.25) is 0 Å². The van der Waals surface area contributed by atoms with Gasteiger partial charge in [0.1, 0.15) is 5.82 Å². The molecule has 0 saturated heterocycles. The maximum atomic E-state index is 5.79. The number of aryl methyl sites for hydroxylation is 1. The third-order valence-electron chi connectivity index (χ3n) is 2.21. The van der Waals surface area contributed by atoms with E-state index in [1.54, 1.807) is 0 Å². The normalized spacial score (nSPS) is 13.4. The minimum Gasteiger partial charge on any atom is -0.331 e. The first kappa shape index (κ1) is 9.26. The van der Waals surface area contributed by atoms with Crippen LogP contribution in [0.15, 0.2) is 0 Å². The molecule has 12 heavy (non-hydrogen) atoms. The number of imidazole rings is 1. The highest BCUT2D eigenvalue weighted by Crippen LogP contribution is 2.14. The predicted octanol–water partition coefficient (Wildman–Crippen LogP) is 1.54. The molecular formula is C9H17N3. The number of hydrogen-bond acceptors (Lipinski definition) is 2. The van der Waals surface area contributed by atoms with Crippen LogP contribution in [0.4, 0.5) is 0 Å². The summed E-state index contributed by atoms with van der Waals surface area (Å²) >= 11 is 0. The molecule has 3 heteroatoms. The first-order valence-electron chi connectivity index (χ1n) is 4.37. The summed E-state index contributed by atoms with van der Waals surface area (Å²) in [7, 11) is 0. The topological polar surface area (TPSA) is 43.8 Å². The maximum absolute atomic E-state index is 5.79. The molecule has 0 spiro atoms. The van der Waals surface area contributed by atoms with Crippen LogP contribution in [0.5, 0.6) is 0 Å². The van der Waals surface area contributed by atoms with Gasteiger partial charge in [-0.15, -0.1) is 0 Å². The largest absolute Gasteiger partial charge is 0.331 e. The van der Waals surface area contributed by atoms with Gasteiger partial charge in [-0.1, -0.05) is 0 Å². The summed E-state index contributed by atoms with van der Waals surface area (Å²) < 4.78 is 2.17. The van der Waals surface area contributed by atoms with Gasteiger partial charge < -0.3 is 10.3 Å². The van der Waals surface area contributed by atoms with Gasteiger partial charge in [0.25, 0.3) is 0 Å². The molecule has 0 aliphatic heterocycles. The second-order valence-corrected chi connectivity index (χ2v) is 3.17. The fraction of sp³-hybridized carbons (Fsp3) is 0.667. The maximum Gasteiger partial charge on any atom is 0.125 e. The molecule has 68 valence electrons. The highest BCUT2D eigenvalue weighted by atomic mass is 15.1. The van der Waals surface area contributed by atoms with E-state index in [0.717, 1.165) is 18.1 Å². The molecule has 1 aromatic rings. The summed E-state index contributed by atoms with van der Waals surface area (Å²) in [6.45, 7) is 9.13. The summed E-state index contributed by atoms with van der Waals surface area (Å²) in [5.74, 6) is 0.993. The Bertz CT molecular complexity index is 274. The molecule has 0 amide bonds. The van der Waals surface area contributed by atoms with Crippen molar-refractivity contribution < 1.29 is 0 Å². The van der Waals surface area contributed by atoms with Crippen LogP contribution in [0.25, 0.3) is 0 Å². The third kappa shape index (κ3) is 1.37. The van der Waals surface area contributed by atoms with Crippen molar-refractivity contribution in [1.82, 2.24) is 9.55 Å². The van der Waals surface area contributed by atoms with Gasteiger partial charge in [-0.05, 0) is 27.7 Å². The Morgan fingerprint density at radius 2 is 2.08 bits per heavy atom. The van der Waals surface area contributed by atoms with Crippen molar-refractivity contribution >= 4 is 0 Å². The van der Waals surface area contributed by atoms with E-state index in [2.05, 4.69) is 23.4 Å². The Balaban J connectivity index is 3.20. The van der Waals surface area contributed by atoms with E-state index in [-0.39, 0.29) is 6.04 Å². The molecule has 1 heterocycles. The van der Waals surface area contributed by atoms with Crippen LogP contribution in [0.2, 0.25) is 0 Å². The summed E-state index contributed by atoms with van der Waals surface area (Å²) in [5.41, 5.74) is 8.10. The van der Waals surface area contributed by atoms with Crippen molar-refractivity contribution in [3.8, 4) is 0 Å². The van der Waals surface area contributed by atoms with Gasteiger partial charge in [-0.3, -0.25) is 0 Å². The molecule has 3 nitrogen and oxygen atoms in total. The molecule has 0 aliphatic rings. The highest BCUT2D eigenvalue weighted by molar-refractivity contribution is 5.15. The second-order valence-electron chi connectivity index (χ2n) is 3.17. The first-order chi connectivity index (χ1) is 5.57. The Morgan fingerprint density at radius 3 is 2.42 bits per heavy atom. The van der Waals surface area contributed by atoms with Crippen LogP contribution in [-0.4, -0.2) is 9.55 Å². The van der Waals surface area contributed by atoms with Crippen LogP contribution in [0, 0.1) is 13.8 Å². The number of hydrogen-bond donors (Lipinski definition) is 1. The van der Waals surface area contributed by atoms with Gasteiger partial charge in [-0.25, -0.2) is 4.98 Å². The minimum absolute atomic E-state index is 0.0253. The van der Waals surface area contributed by atoms with Crippen molar-refractivity contribution in [2.24, 2.45) is 5.73 Å². The van der Waals surface area contributed by atoms with Crippen LogP contribution < -0.4 is 5.73 Å². The number of nitrogens with two attached hydrogens (primary N) is 1. The van der Waals surface area contributed by atoms with E-state index in [1.165, 1.54) is 5.69 Å². The lowest BCUT2D eigenvalue weighted by atomic mass is 10.3. The molecule has 0 fully saturated rings. The lowest BCUT2D eigenvalue weighted by Crippen LogP contribution is -2.13. The Kier molecular flexibility index (Phi) is 2.52.